The zero-order chi connectivity index (χ0) is 15.8. The molecule has 0 aliphatic carbocycles. The Morgan fingerprint density at radius 2 is 2.10 bits per heavy atom. The molecule has 112 valence electrons. The van der Waals surface area contributed by atoms with Gasteiger partial charge in [0.05, 0.1) is 17.6 Å². The summed E-state index contributed by atoms with van der Waals surface area (Å²) in [5.41, 5.74) is 1.21. The highest BCUT2D eigenvalue weighted by atomic mass is 16.4. The van der Waals surface area contributed by atoms with Crippen molar-refractivity contribution < 1.29 is 19.8 Å². The van der Waals surface area contributed by atoms with Gasteiger partial charge in [0.1, 0.15) is 0 Å². The number of hydrogen-bond donors (Lipinski definition) is 2. The second-order valence-electron chi connectivity index (χ2n) is 4.84. The second-order valence-corrected chi connectivity index (χ2v) is 4.84. The summed E-state index contributed by atoms with van der Waals surface area (Å²) < 4.78 is 0. The predicted molar refractivity (Wildman–Crippen MR) is 77.0 cm³/mol. The molecule has 0 amide bonds. The Morgan fingerprint density at radius 3 is 2.67 bits per heavy atom. The third-order valence-corrected chi connectivity index (χ3v) is 3.07. The maximum Gasteiger partial charge on any atom is 0.308 e. The summed E-state index contributed by atoms with van der Waals surface area (Å²) in [7, 11) is 0. The molecule has 0 heterocycles. The lowest BCUT2D eigenvalue weighted by Crippen LogP contribution is -2.33. The fraction of sp³-hybridized carbons (Fsp3) is 0.400. The van der Waals surface area contributed by atoms with E-state index in [1.165, 1.54) is 0 Å². The molecule has 0 spiro atoms. The molecule has 0 aliphatic heterocycles. The molecule has 1 rings (SSSR count). The first kappa shape index (κ1) is 16.5. The maximum absolute atomic E-state index is 11.0. The number of hydrogen-bond acceptors (Lipinski definition) is 4. The van der Waals surface area contributed by atoms with E-state index in [1.54, 1.807) is 31.2 Å². The molecule has 0 aromatic heterocycles. The molecular weight excluding hydrogens is 272 g/mol. The largest absolute Gasteiger partial charge is 0.481 e. The van der Waals surface area contributed by atoms with E-state index in [2.05, 4.69) is 0 Å². The van der Waals surface area contributed by atoms with Crippen LogP contribution < -0.4 is 4.90 Å². The smallest absolute Gasteiger partial charge is 0.308 e. The summed E-state index contributed by atoms with van der Waals surface area (Å²) in [4.78, 5) is 23.4. The van der Waals surface area contributed by atoms with E-state index < -0.39 is 17.9 Å². The molecule has 6 heteroatoms. The molecule has 6 nitrogen and oxygen atoms in total. The van der Waals surface area contributed by atoms with E-state index in [0.717, 1.165) is 5.69 Å². The monoisotopic (exact) mass is 290 g/mol. The SMILES string of the molecule is CC(CN(CCCC(=O)O)c1cccc(C#N)c1)C(=O)O. The van der Waals surface area contributed by atoms with Gasteiger partial charge in [-0.15, -0.1) is 0 Å². The van der Waals surface area contributed by atoms with Crippen LogP contribution in [0.2, 0.25) is 0 Å². The molecule has 1 atom stereocenters. The van der Waals surface area contributed by atoms with E-state index in [-0.39, 0.29) is 13.0 Å². The number of aliphatic carboxylic acids is 2. The van der Waals surface area contributed by atoms with Gasteiger partial charge in [-0.05, 0) is 24.6 Å². The van der Waals surface area contributed by atoms with Crippen LogP contribution in [0.15, 0.2) is 24.3 Å². The van der Waals surface area contributed by atoms with Gasteiger partial charge >= 0.3 is 11.9 Å². The van der Waals surface area contributed by atoms with Crippen LogP contribution in [-0.2, 0) is 9.59 Å². The highest BCUT2D eigenvalue weighted by molar-refractivity contribution is 5.70. The van der Waals surface area contributed by atoms with E-state index in [0.29, 0.717) is 18.5 Å². The first-order valence-corrected chi connectivity index (χ1v) is 6.63. The van der Waals surface area contributed by atoms with Crippen molar-refractivity contribution in [1.29, 1.82) is 5.26 Å². The summed E-state index contributed by atoms with van der Waals surface area (Å²) in [6, 6.07) is 8.89. The van der Waals surface area contributed by atoms with Gasteiger partial charge in [0.15, 0.2) is 0 Å². The number of nitrogens with zero attached hydrogens (tertiary/aromatic N) is 2. The van der Waals surface area contributed by atoms with Crippen molar-refractivity contribution in [2.24, 2.45) is 5.92 Å². The average Bonchev–Trinajstić information content (AvgIpc) is 2.45. The molecule has 0 aliphatic rings. The number of carbonyl (C=O) groups is 2. The Morgan fingerprint density at radius 1 is 1.38 bits per heavy atom. The van der Waals surface area contributed by atoms with Gasteiger partial charge in [-0.3, -0.25) is 9.59 Å². The Kier molecular flexibility index (Phi) is 6.21. The van der Waals surface area contributed by atoms with Crippen LogP contribution in [0.3, 0.4) is 0 Å². The van der Waals surface area contributed by atoms with E-state index >= 15 is 0 Å². The molecule has 1 aromatic carbocycles. The minimum absolute atomic E-state index is 0.0237. The van der Waals surface area contributed by atoms with Crippen LogP contribution in [-0.4, -0.2) is 35.2 Å². The van der Waals surface area contributed by atoms with Gasteiger partial charge in [0, 0.05) is 25.2 Å². The Balaban J connectivity index is 2.86. The fourth-order valence-electron chi connectivity index (χ4n) is 1.93. The number of nitriles is 1. The molecule has 0 saturated carbocycles. The molecule has 0 bridgehead atoms. The maximum atomic E-state index is 11.0. The van der Waals surface area contributed by atoms with Crippen molar-refractivity contribution in [3.63, 3.8) is 0 Å². The van der Waals surface area contributed by atoms with Gasteiger partial charge in [0.2, 0.25) is 0 Å². The second kappa shape index (κ2) is 7.90. The van der Waals surface area contributed by atoms with Crippen LogP contribution >= 0.6 is 0 Å². The first-order valence-electron chi connectivity index (χ1n) is 6.63. The molecule has 0 saturated heterocycles. The zero-order valence-corrected chi connectivity index (χ0v) is 11.8. The summed E-state index contributed by atoms with van der Waals surface area (Å²) in [6.45, 7) is 2.29. The third kappa shape index (κ3) is 5.53. The van der Waals surface area contributed by atoms with Crippen molar-refractivity contribution in [3.05, 3.63) is 29.8 Å². The number of carboxylic acids is 2. The van der Waals surface area contributed by atoms with Crippen molar-refractivity contribution in [2.75, 3.05) is 18.0 Å². The van der Waals surface area contributed by atoms with Crippen LogP contribution in [0, 0.1) is 17.2 Å². The van der Waals surface area contributed by atoms with Gasteiger partial charge in [-0.25, -0.2) is 0 Å². The average molecular weight is 290 g/mol. The molecule has 1 unspecified atom stereocenters. The first-order chi connectivity index (χ1) is 9.93. The normalized spacial score (nSPS) is 11.4. The number of carboxylic acid groups (broad SMARTS) is 2. The molecule has 21 heavy (non-hydrogen) atoms. The quantitative estimate of drug-likeness (QED) is 0.758. The number of rotatable bonds is 8. The van der Waals surface area contributed by atoms with Crippen molar-refractivity contribution >= 4 is 17.6 Å². The summed E-state index contributed by atoms with van der Waals surface area (Å²) in [6.07, 6.45) is 0.439. The van der Waals surface area contributed by atoms with E-state index in [4.69, 9.17) is 15.5 Å². The molecule has 2 N–H and O–H groups in total. The molecule has 1 aromatic rings. The minimum atomic E-state index is -0.908. The Hall–Kier alpha value is -2.55. The Bertz CT molecular complexity index is 551. The van der Waals surface area contributed by atoms with Crippen LogP contribution in [0.1, 0.15) is 25.3 Å². The molecule has 0 radical (unpaired) electrons. The van der Waals surface area contributed by atoms with Crippen molar-refractivity contribution in [3.8, 4) is 6.07 Å². The number of benzene rings is 1. The fourth-order valence-corrected chi connectivity index (χ4v) is 1.93. The topological polar surface area (TPSA) is 102 Å². The third-order valence-electron chi connectivity index (χ3n) is 3.07. The lowest BCUT2D eigenvalue weighted by molar-refractivity contribution is -0.141. The van der Waals surface area contributed by atoms with Gasteiger partial charge in [-0.1, -0.05) is 13.0 Å². The highest BCUT2D eigenvalue weighted by Crippen LogP contribution is 2.18. The van der Waals surface area contributed by atoms with Crippen LogP contribution in [0.4, 0.5) is 5.69 Å². The lowest BCUT2D eigenvalue weighted by Gasteiger charge is -2.26. The Labute approximate surface area is 123 Å². The van der Waals surface area contributed by atoms with Crippen molar-refractivity contribution in [1.82, 2.24) is 0 Å². The minimum Gasteiger partial charge on any atom is -0.481 e. The van der Waals surface area contributed by atoms with Gasteiger partial charge in [-0.2, -0.15) is 5.26 Å². The van der Waals surface area contributed by atoms with E-state index in [9.17, 15) is 9.59 Å². The summed E-state index contributed by atoms with van der Waals surface area (Å²) in [5.74, 6) is -2.37. The van der Waals surface area contributed by atoms with Gasteiger partial charge < -0.3 is 15.1 Å². The standard InChI is InChI=1S/C15H18N2O4/c1-11(15(20)21)10-17(7-3-6-14(18)19)13-5-2-4-12(8-13)9-16/h2,4-5,8,11H,3,6-7,10H2,1H3,(H,18,19)(H,20,21). The van der Waals surface area contributed by atoms with Crippen molar-refractivity contribution in [2.45, 2.75) is 19.8 Å². The van der Waals surface area contributed by atoms with E-state index in [1.807, 2.05) is 11.0 Å². The van der Waals surface area contributed by atoms with Crippen LogP contribution in [0.25, 0.3) is 0 Å². The molecular formula is C15H18N2O4. The summed E-state index contributed by atoms with van der Waals surface area (Å²) >= 11 is 0. The highest BCUT2D eigenvalue weighted by Gasteiger charge is 2.17. The number of anilines is 1. The van der Waals surface area contributed by atoms with Crippen LogP contribution in [0.5, 0.6) is 0 Å². The van der Waals surface area contributed by atoms with Gasteiger partial charge in [0.25, 0.3) is 0 Å². The predicted octanol–water partition coefficient (Wildman–Crippen LogP) is 1.95. The summed E-state index contributed by atoms with van der Waals surface area (Å²) in [5, 5.41) is 26.6. The zero-order valence-electron chi connectivity index (χ0n) is 11.8. The lowest BCUT2D eigenvalue weighted by atomic mass is 10.1. The molecule has 0 fully saturated rings.